The summed E-state index contributed by atoms with van der Waals surface area (Å²) in [5, 5.41) is 8.60. The summed E-state index contributed by atoms with van der Waals surface area (Å²) in [6.45, 7) is 0.316. The fraction of sp³-hybridized carbons (Fsp3) is 0.111. The lowest BCUT2D eigenvalue weighted by Gasteiger charge is -1.94. The summed E-state index contributed by atoms with van der Waals surface area (Å²) < 4.78 is 1.56. The first-order valence-corrected chi connectivity index (χ1v) is 3.30. The van der Waals surface area contributed by atoms with Gasteiger partial charge in [0.15, 0.2) is 6.29 Å². The van der Waals surface area contributed by atoms with E-state index in [9.17, 15) is 4.79 Å². The van der Waals surface area contributed by atoms with Crippen LogP contribution in [0.4, 0.5) is 0 Å². The van der Waals surface area contributed by atoms with Crippen molar-refractivity contribution in [3.05, 3.63) is 23.5 Å². The van der Waals surface area contributed by atoms with Crippen molar-refractivity contribution in [2.45, 2.75) is 6.54 Å². The Morgan fingerprint density at radius 3 is 3.00 bits per heavy atom. The zero-order chi connectivity index (χ0) is 8.97. The van der Waals surface area contributed by atoms with Gasteiger partial charge in [-0.05, 0) is 6.07 Å². The maximum atomic E-state index is 10.3. The second kappa shape index (κ2) is 3.41. The molecular weight excluding hydrogens is 152 g/mol. The number of terminal acetylenes is 1. The summed E-state index contributed by atoms with van der Waals surface area (Å²) in [4.78, 5) is 10.3. The lowest BCUT2D eigenvalue weighted by molar-refractivity contribution is 0.112. The number of aldehydes is 1. The molecule has 0 aliphatic heterocycles. The van der Waals surface area contributed by atoms with Gasteiger partial charge in [0.05, 0.1) is 6.54 Å². The molecule has 0 unspecified atom stereocenters. The van der Waals surface area contributed by atoms with Crippen molar-refractivity contribution >= 4 is 6.29 Å². The predicted octanol–water partition coefficient (Wildman–Crippen LogP) is 0.805. The maximum Gasteiger partial charge on any atom is 0.151 e. The second-order valence-electron chi connectivity index (χ2n) is 2.22. The Bertz CT molecular complexity index is 376. The van der Waals surface area contributed by atoms with Crippen molar-refractivity contribution in [1.29, 1.82) is 5.26 Å². The Labute approximate surface area is 70.2 Å². The van der Waals surface area contributed by atoms with Crippen molar-refractivity contribution in [3.63, 3.8) is 0 Å². The third-order valence-electron chi connectivity index (χ3n) is 1.43. The molecule has 58 valence electrons. The Kier molecular flexibility index (Phi) is 2.30. The number of nitriles is 1. The van der Waals surface area contributed by atoms with Gasteiger partial charge in [-0.1, -0.05) is 5.92 Å². The first-order valence-electron chi connectivity index (χ1n) is 3.30. The number of hydrogen-bond acceptors (Lipinski definition) is 2. The van der Waals surface area contributed by atoms with Crippen LogP contribution in [0, 0.1) is 23.7 Å². The minimum atomic E-state index is 0.316. The molecule has 0 N–H and O–H groups in total. The van der Waals surface area contributed by atoms with Crippen LogP contribution in [-0.4, -0.2) is 10.9 Å². The minimum absolute atomic E-state index is 0.316. The number of aromatic nitrogens is 1. The molecule has 0 atom stereocenters. The largest absolute Gasteiger partial charge is 0.327 e. The van der Waals surface area contributed by atoms with E-state index in [1.807, 2.05) is 6.07 Å². The van der Waals surface area contributed by atoms with E-state index < -0.39 is 0 Å². The molecule has 0 amide bonds. The molecule has 0 saturated heterocycles. The third-order valence-corrected chi connectivity index (χ3v) is 1.43. The lowest BCUT2D eigenvalue weighted by Crippen LogP contribution is -1.95. The van der Waals surface area contributed by atoms with Crippen LogP contribution in [0.15, 0.2) is 12.3 Å². The minimum Gasteiger partial charge on any atom is -0.327 e. The fourth-order valence-corrected chi connectivity index (χ4v) is 0.918. The van der Waals surface area contributed by atoms with Crippen LogP contribution in [0.1, 0.15) is 16.1 Å². The first kappa shape index (κ1) is 8.10. The number of carbonyl (C=O) groups is 1. The van der Waals surface area contributed by atoms with Crippen LogP contribution in [0.2, 0.25) is 0 Å². The van der Waals surface area contributed by atoms with E-state index in [2.05, 4.69) is 5.92 Å². The molecular formula is C9H6N2O. The molecule has 0 bridgehead atoms. The van der Waals surface area contributed by atoms with E-state index in [0.29, 0.717) is 24.1 Å². The Morgan fingerprint density at radius 1 is 1.75 bits per heavy atom. The van der Waals surface area contributed by atoms with E-state index in [4.69, 9.17) is 11.7 Å². The molecule has 0 radical (unpaired) electrons. The highest BCUT2D eigenvalue weighted by atomic mass is 16.1. The average molecular weight is 158 g/mol. The van der Waals surface area contributed by atoms with Gasteiger partial charge in [-0.3, -0.25) is 4.79 Å². The molecule has 1 aromatic rings. The van der Waals surface area contributed by atoms with Gasteiger partial charge in [0, 0.05) is 11.8 Å². The normalized spacial score (nSPS) is 8.50. The Balaban J connectivity index is 3.12. The molecule has 3 nitrogen and oxygen atoms in total. The zero-order valence-corrected chi connectivity index (χ0v) is 6.32. The van der Waals surface area contributed by atoms with Crippen LogP contribution in [0.5, 0.6) is 0 Å². The SMILES string of the molecule is C#CCn1cc(C=O)cc1C#N. The topological polar surface area (TPSA) is 45.8 Å². The molecule has 12 heavy (non-hydrogen) atoms. The van der Waals surface area contributed by atoms with Gasteiger partial charge in [0.1, 0.15) is 11.8 Å². The van der Waals surface area contributed by atoms with Gasteiger partial charge >= 0.3 is 0 Å². The first-order chi connectivity index (χ1) is 5.81. The van der Waals surface area contributed by atoms with Crippen LogP contribution in [-0.2, 0) is 6.54 Å². The van der Waals surface area contributed by atoms with E-state index in [1.165, 1.54) is 6.07 Å². The number of rotatable bonds is 2. The van der Waals surface area contributed by atoms with Crippen LogP contribution in [0.25, 0.3) is 0 Å². The van der Waals surface area contributed by atoms with E-state index in [-0.39, 0.29) is 0 Å². The summed E-state index contributed by atoms with van der Waals surface area (Å²) in [6, 6.07) is 3.45. The predicted molar refractivity (Wildman–Crippen MR) is 43.4 cm³/mol. The molecule has 0 saturated carbocycles. The Morgan fingerprint density at radius 2 is 2.50 bits per heavy atom. The number of carbonyl (C=O) groups excluding carboxylic acids is 1. The van der Waals surface area contributed by atoms with Crippen molar-refractivity contribution in [1.82, 2.24) is 4.57 Å². The van der Waals surface area contributed by atoms with Gasteiger partial charge in [-0.25, -0.2) is 0 Å². The molecule has 0 aliphatic carbocycles. The highest BCUT2D eigenvalue weighted by Gasteiger charge is 2.02. The van der Waals surface area contributed by atoms with Gasteiger partial charge in [-0.2, -0.15) is 5.26 Å². The molecule has 0 aliphatic rings. The monoisotopic (exact) mass is 158 g/mol. The van der Waals surface area contributed by atoms with Gasteiger partial charge in [0.25, 0.3) is 0 Å². The van der Waals surface area contributed by atoms with E-state index in [1.54, 1.807) is 10.8 Å². The summed E-state index contributed by atoms with van der Waals surface area (Å²) >= 11 is 0. The quantitative estimate of drug-likeness (QED) is 0.472. The van der Waals surface area contributed by atoms with E-state index >= 15 is 0 Å². The van der Waals surface area contributed by atoms with Gasteiger partial charge in [0.2, 0.25) is 0 Å². The second-order valence-corrected chi connectivity index (χ2v) is 2.22. The summed E-state index contributed by atoms with van der Waals surface area (Å²) in [7, 11) is 0. The molecule has 0 spiro atoms. The smallest absolute Gasteiger partial charge is 0.151 e. The van der Waals surface area contributed by atoms with Crippen molar-refractivity contribution in [3.8, 4) is 18.4 Å². The average Bonchev–Trinajstić information content (AvgIpc) is 2.48. The fourth-order valence-electron chi connectivity index (χ4n) is 0.918. The Hall–Kier alpha value is -2.00. The number of nitrogens with zero attached hydrogens (tertiary/aromatic N) is 2. The molecule has 1 aromatic heterocycles. The lowest BCUT2D eigenvalue weighted by atomic mass is 10.3. The summed E-state index contributed by atoms with van der Waals surface area (Å²) in [5.74, 6) is 2.39. The molecule has 0 aromatic carbocycles. The van der Waals surface area contributed by atoms with Crippen LogP contribution < -0.4 is 0 Å². The molecule has 1 heterocycles. The highest BCUT2D eigenvalue weighted by molar-refractivity contribution is 5.75. The zero-order valence-electron chi connectivity index (χ0n) is 6.32. The molecule has 3 heteroatoms. The summed E-state index contributed by atoms with van der Waals surface area (Å²) in [6.07, 6.45) is 7.32. The maximum absolute atomic E-state index is 10.3. The van der Waals surface area contributed by atoms with Crippen molar-refractivity contribution in [2.75, 3.05) is 0 Å². The van der Waals surface area contributed by atoms with Crippen molar-refractivity contribution < 1.29 is 4.79 Å². The van der Waals surface area contributed by atoms with Crippen LogP contribution >= 0.6 is 0 Å². The number of hydrogen-bond donors (Lipinski definition) is 0. The van der Waals surface area contributed by atoms with Gasteiger partial charge in [-0.15, -0.1) is 6.42 Å². The van der Waals surface area contributed by atoms with Crippen molar-refractivity contribution in [2.24, 2.45) is 0 Å². The van der Waals surface area contributed by atoms with E-state index in [0.717, 1.165) is 0 Å². The summed E-state index contributed by atoms with van der Waals surface area (Å²) in [5.41, 5.74) is 0.886. The van der Waals surface area contributed by atoms with Crippen LogP contribution in [0.3, 0.4) is 0 Å². The molecule has 1 rings (SSSR count). The standard InChI is InChI=1S/C9H6N2O/c1-2-3-11-6-8(7-12)4-9(11)5-10/h1,4,6-7H,3H2. The van der Waals surface area contributed by atoms with Gasteiger partial charge < -0.3 is 4.57 Å². The molecule has 0 fully saturated rings. The third kappa shape index (κ3) is 1.36. The highest BCUT2D eigenvalue weighted by Crippen LogP contribution is 2.04.